The summed E-state index contributed by atoms with van der Waals surface area (Å²) in [4.78, 5) is 58.7. The molecule has 45 heavy (non-hydrogen) atoms. The number of hydrogen-bond donors (Lipinski definition) is 6. The monoisotopic (exact) mass is 642 g/mol. The van der Waals surface area contributed by atoms with Gasteiger partial charge in [0.05, 0.1) is 24.7 Å². The van der Waals surface area contributed by atoms with Crippen molar-refractivity contribution in [3.05, 3.63) is 87.5 Å². The standard InChI is InChI=1S/C31H30O13S/c1-15-7-17(9-19(28(15)36)11-21(30(38)39)13-25(32)33)27(23-5-3-4-6-24(23)45(42,43)44)18-8-16(2)29(37)20(10-18)12-22(31(40)41)14-26(34)35/h3-10,21-22,36H,11-14H2,1-2H3,(H,32,33)(H,34,35)(H,38,39)(H,40,41)(H,42,43,44)/b27-18-. The zero-order valence-corrected chi connectivity index (χ0v) is 24.9. The first-order valence-corrected chi connectivity index (χ1v) is 14.8. The maximum Gasteiger partial charge on any atom is 0.307 e. The Morgan fingerprint density at radius 2 is 1.38 bits per heavy atom. The molecular weight excluding hydrogens is 612 g/mol. The third kappa shape index (κ3) is 8.31. The fraction of sp³-hybridized carbons (Fsp3) is 0.258. The molecule has 13 nitrogen and oxygen atoms in total. The van der Waals surface area contributed by atoms with Gasteiger partial charge in [-0.3, -0.25) is 28.5 Å². The number of ketones is 1. The molecule has 0 saturated carbocycles. The number of hydrogen-bond acceptors (Lipinski definition) is 8. The van der Waals surface area contributed by atoms with Crippen LogP contribution < -0.4 is 0 Å². The predicted molar refractivity (Wildman–Crippen MR) is 157 cm³/mol. The number of carbonyl (C=O) groups is 5. The minimum absolute atomic E-state index is 0.0188. The first kappa shape index (κ1) is 34.4. The van der Waals surface area contributed by atoms with Gasteiger partial charge in [0.1, 0.15) is 10.6 Å². The lowest BCUT2D eigenvalue weighted by atomic mass is 9.82. The van der Waals surface area contributed by atoms with Gasteiger partial charge in [0.25, 0.3) is 10.1 Å². The van der Waals surface area contributed by atoms with Crippen molar-refractivity contribution in [2.75, 3.05) is 0 Å². The number of aliphatic carboxylic acids is 4. The summed E-state index contributed by atoms with van der Waals surface area (Å²) < 4.78 is 35.0. The van der Waals surface area contributed by atoms with E-state index in [-0.39, 0.29) is 50.3 Å². The van der Waals surface area contributed by atoms with E-state index in [2.05, 4.69) is 0 Å². The summed E-state index contributed by atoms with van der Waals surface area (Å²) in [6, 6.07) is 8.06. The molecule has 238 valence electrons. The number of aryl methyl sites for hydroxylation is 1. The van der Waals surface area contributed by atoms with Gasteiger partial charge in [-0.05, 0) is 90.4 Å². The van der Waals surface area contributed by atoms with Crippen LogP contribution in [0.5, 0.6) is 5.75 Å². The van der Waals surface area contributed by atoms with E-state index in [1.54, 1.807) is 0 Å². The second-order valence-electron chi connectivity index (χ2n) is 10.6. The van der Waals surface area contributed by atoms with Crippen LogP contribution in [0.3, 0.4) is 0 Å². The number of carboxylic acids is 4. The maximum atomic E-state index is 13.1. The summed E-state index contributed by atoms with van der Waals surface area (Å²) in [6.07, 6.45) is 0.250. The summed E-state index contributed by atoms with van der Waals surface area (Å²) in [5, 5.41) is 48.4. The van der Waals surface area contributed by atoms with E-state index in [0.717, 1.165) is 6.07 Å². The highest BCUT2D eigenvalue weighted by atomic mass is 32.2. The van der Waals surface area contributed by atoms with Crippen molar-refractivity contribution in [3.8, 4) is 5.75 Å². The van der Waals surface area contributed by atoms with Crippen molar-refractivity contribution in [2.24, 2.45) is 11.8 Å². The molecule has 3 rings (SSSR count). The van der Waals surface area contributed by atoms with Crippen molar-refractivity contribution < 1.29 is 62.5 Å². The number of phenolic OH excluding ortho intramolecular Hbond substituents is 1. The van der Waals surface area contributed by atoms with Crippen molar-refractivity contribution in [3.63, 3.8) is 0 Å². The van der Waals surface area contributed by atoms with Gasteiger partial charge in [0.2, 0.25) is 0 Å². The Morgan fingerprint density at radius 1 is 0.822 bits per heavy atom. The van der Waals surface area contributed by atoms with Crippen molar-refractivity contribution in [1.82, 2.24) is 0 Å². The Hall–Kier alpha value is -5.08. The molecule has 0 amide bonds. The first-order valence-electron chi connectivity index (χ1n) is 13.4. The first-order chi connectivity index (χ1) is 20.9. The minimum atomic E-state index is -4.86. The van der Waals surface area contributed by atoms with E-state index < -0.39 is 82.2 Å². The van der Waals surface area contributed by atoms with Gasteiger partial charge >= 0.3 is 23.9 Å². The molecule has 1 aliphatic carbocycles. The summed E-state index contributed by atoms with van der Waals surface area (Å²) in [7, 11) is -4.86. The number of benzene rings is 2. The average Bonchev–Trinajstić information content (AvgIpc) is 2.92. The van der Waals surface area contributed by atoms with E-state index in [0.29, 0.717) is 0 Å². The Labute approximate surface area is 257 Å². The van der Waals surface area contributed by atoms with Gasteiger partial charge in [0.15, 0.2) is 5.78 Å². The molecule has 0 aliphatic heterocycles. The van der Waals surface area contributed by atoms with Crippen LogP contribution in [-0.4, -0.2) is 68.2 Å². The van der Waals surface area contributed by atoms with Crippen molar-refractivity contribution >= 4 is 45.4 Å². The number of carboxylic acid groups (broad SMARTS) is 4. The molecule has 2 unspecified atom stereocenters. The Morgan fingerprint density at radius 3 is 1.91 bits per heavy atom. The van der Waals surface area contributed by atoms with Gasteiger partial charge in [0, 0.05) is 11.1 Å². The zero-order chi connectivity index (χ0) is 33.8. The van der Waals surface area contributed by atoms with Crippen LogP contribution in [0.1, 0.15) is 48.4 Å². The van der Waals surface area contributed by atoms with Gasteiger partial charge in [-0.1, -0.05) is 18.2 Å². The van der Waals surface area contributed by atoms with Crippen LogP contribution in [0.15, 0.2) is 70.2 Å². The third-order valence-electron chi connectivity index (χ3n) is 7.22. The fourth-order valence-corrected chi connectivity index (χ4v) is 5.82. The molecule has 0 fully saturated rings. The number of aromatic hydroxyl groups is 1. The highest BCUT2D eigenvalue weighted by Gasteiger charge is 2.30. The largest absolute Gasteiger partial charge is 0.507 e. The molecule has 14 heteroatoms. The van der Waals surface area contributed by atoms with Crippen LogP contribution >= 0.6 is 0 Å². The van der Waals surface area contributed by atoms with Gasteiger partial charge in [-0.25, -0.2) is 0 Å². The van der Waals surface area contributed by atoms with Gasteiger partial charge in [-0.2, -0.15) is 8.42 Å². The number of allylic oxidation sites excluding steroid dienone is 5. The third-order valence-corrected chi connectivity index (χ3v) is 8.13. The van der Waals surface area contributed by atoms with Gasteiger partial charge < -0.3 is 25.5 Å². The molecule has 2 atom stereocenters. The summed E-state index contributed by atoms with van der Waals surface area (Å²) in [5.41, 5.74) is 0.594. The van der Waals surface area contributed by atoms with Crippen molar-refractivity contribution in [1.29, 1.82) is 0 Å². The van der Waals surface area contributed by atoms with E-state index in [1.807, 2.05) is 0 Å². The second kappa shape index (κ2) is 13.7. The van der Waals surface area contributed by atoms with Crippen LogP contribution in [0.4, 0.5) is 0 Å². The lowest BCUT2D eigenvalue weighted by Crippen LogP contribution is -2.22. The number of carbonyl (C=O) groups excluding carboxylic acids is 1. The van der Waals surface area contributed by atoms with Crippen LogP contribution in [-0.2, 0) is 40.5 Å². The summed E-state index contributed by atoms with van der Waals surface area (Å²) >= 11 is 0. The minimum Gasteiger partial charge on any atom is -0.507 e. The number of rotatable bonds is 13. The van der Waals surface area contributed by atoms with Crippen LogP contribution in [0.25, 0.3) is 5.57 Å². The topological polar surface area (TPSA) is 241 Å². The highest BCUT2D eigenvalue weighted by molar-refractivity contribution is 7.86. The quantitative estimate of drug-likeness (QED) is 0.172. The molecule has 0 heterocycles. The lowest BCUT2D eigenvalue weighted by molar-refractivity contribution is -0.148. The summed E-state index contributed by atoms with van der Waals surface area (Å²) in [5.74, 6) is -9.47. The normalized spacial score (nSPS) is 15.8. The molecule has 2 aromatic rings. The van der Waals surface area contributed by atoms with Crippen LogP contribution in [0.2, 0.25) is 0 Å². The smallest absolute Gasteiger partial charge is 0.307 e. The molecule has 0 spiro atoms. The van der Waals surface area contributed by atoms with E-state index in [1.165, 1.54) is 56.3 Å². The number of phenols is 1. The van der Waals surface area contributed by atoms with Gasteiger partial charge in [-0.15, -0.1) is 0 Å². The lowest BCUT2D eigenvalue weighted by Gasteiger charge is -2.22. The fourth-order valence-electron chi connectivity index (χ4n) is 5.12. The van der Waals surface area contributed by atoms with Crippen LogP contribution in [0, 0.1) is 18.8 Å². The molecule has 0 aromatic heterocycles. The number of Topliss-reactive ketones (excluding diaryl/α,β-unsaturated/α-hetero) is 1. The second-order valence-corrected chi connectivity index (χ2v) is 12.0. The Kier molecular flexibility index (Phi) is 10.5. The van der Waals surface area contributed by atoms with E-state index in [4.69, 9.17) is 0 Å². The summed E-state index contributed by atoms with van der Waals surface area (Å²) in [6.45, 7) is 2.90. The molecule has 0 bridgehead atoms. The molecule has 0 saturated heterocycles. The van der Waals surface area contributed by atoms with Crippen molar-refractivity contribution in [2.45, 2.75) is 44.4 Å². The average molecular weight is 643 g/mol. The van der Waals surface area contributed by atoms with E-state index in [9.17, 15) is 62.5 Å². The van der Waals surface area contributed by atoms with E-state index >= 15 is 0 Å². The Balaban J connectivity index is 2.41. The molecule has 0 radical (unpaired) electrons. The SMILES string of the molecule is CC1=C/C(=C(\c2cc(C)c(O)c(CC(CC(=O)O)C(=O)O)c2)c2ccccc2S(=O)(=O)O)C=C(CC(CC(=O)O)C(=O)O)C1=O. The maximum absolute atomic E-state index is 13.1. The molecule has 2 aromatic carbocycles. The zero-order valence-electron chi connectivity index (χ0n) is 24.1. The molecular formula is C31H30O13S. The Bertz CT molecular complexity index is 1790. The molecule has 1 aliphatic rings. The highest BCUT2D eigenvalue weighted by Crippen LogP contribution is 2.39. The molecule has 6 N–H and O–H groups in total. The predicted octanol–water partition coefficient (Wildman–Crippen LogP) is 3.49.